The molecule has 0 aromatic carbocycles. The number of nitrogens with zero attached hydrogens (tertiary/aromatic N) is 3. The molecule has 0 amide bonds. The van der Waals surface area contributed by atoms with Gasteiger partial charge in [-0.2, -0.15) is 0 Å². The largest absolute Gasteiger partial charge is 0.396 e. The lowest BCUT2D eigenvalue weighted by molar-refractivity contribution is 1.05. The van der Waals surface area contributed by atoms with Gasteiger partial charge in [-0.15, -0.1) is 0 Å². The van der Waals surface area contributed by atoms with Crippen LogP contribution in [0.3, 0.4) is 0 Å². The maximum atomic E-state index is 6.00. The number of aromatic nitrogens is 2. The molecule has 88 valence electrons. The summed E-state index contributed by atoms with van der Waals surface area (Å²) in [4.78, 5) is 10.5. The molecule has 2 rings (SSSR count). The van der Waals surface area contributed by atoms with E-state index in [1.165, 1.54) is 0 Å². The van der Waals surface area contributed by atoms with Gasteiger partial charge < -0.3 is 10.6 Å². The van der Waals surface area contributed by atoms with E-state index in [-0.39, 0.29) is 0 Å². The van der Waals surface area contributed by atoms with E-state index in [0.717, 1.165) is 22.6 Å². The Hall–Kier alpha value is -2.10. The van der Waals surface area contributed by atoms with Crippen molar-refractivity contribution < 1.29 is 0 Å². The molecule has 0 atom stereocenters. The summed E-state index contributed by atoms with van der Waals surface area (Å²) in [5.74, 6) is 0.801. The highest BCUT2D eigenvalue weighted by molar-refractivity contribution is 5.74. The second-order valence-corrected chi connectivity index (χ2v) is 4.17. The van der Waals surface area contributed by atoms with Gasteiger partial charge in [0.2, 0.25) is 0 Å². The van der Waals surface area contributed by atoms with E-state index >= 15 is 0 Å². The lowest BCUT2D eigenvalue weighted by Crippen LogP contribution is -2.14. The van der Waals surface area contributed by atoms with Crippen LogP contribution in [0.15, 0.2) is 30.6 Å². The van der Waals surface area contributed by atoms with Crippen molar-refractivity contribution in [3.05, 3.63) is 36.3 Å². The van der Waals surface area contributed by atoms with Crippen LogP contribution in [0, 0.1) is 6.92 Å². The monoisotopic (exact) mass is 228 g/mol. The van der Waals surface area contributed by atoms with Crippen molar-refractivity contribution in [1.82, 2.24) is 9.97 Å². The average molecular weight is 228 g/mol. The minimum Gasteiger partial charge on any atom is -0.396 e. The summed E-state index contributed by atoms with van der Waals surface area (Å²) in [6, 6.07) is 5.87. The summed E-state index contributed by atoms with van der Waals surface area (Å²) in [7, 11) is 3.86. The smallest absolute Gasteiger partial charge is 0.151 e. The summed E-state index contributed by atoms with van der Waals surface area (Å²) < 4.78 is 0. The van der Waals surface area contributed by atoms with Crippen molar-refractivity contribution in [1.29, 1.82) is 0 Å². The van der Waals surface area contributed by atoms with Crippen LogP contribution in [0.25, 0.3) is 11.1 Å². The summed E-state index contributed by atoms with van der Waals surface area (Å²) >= 11 is 0. The first-order valence-electron chi connectivity index (χ1n) is 5.44. The molecule has 0 unspecified atom stereocenters. The molecule has 17 heavy (non-hydrogen) atoms. The quantitative estimate of drug-likeness (QED) is 0.855. The molecule has 4 nitrogen and oxygen atoms in total. The lowest BCUT2D eigenvalue weighted by atomic mass is 10.1. The van der Waals surface area contributed by atoms with Crippen molar-refractivity contribution in [2.24, 2.45) is 0 Å². The zero-order valence-corrected chi connectivity index (χ0v) is 10.3. The van der Waals surface area contributed by atoms with E-state index in [2.05, 4.69) is 9.97 Å². The Kier molecular flexibility index (Phi) is 2.95. The molecule has 0 saturated carbocycles. The molecule has 0 fully saturated rings. The van der Waals surface area contributed by atoms with Gasteiger partial charge in [-0.1, -0.05) is 6.07 Å². The Morgan fingerprint density at radius 1 is 1.29 bits per heavy atom. The molecule has 2 heterocycles. The van der Waals surface area contributed by atoms with E-state index in [1.807, 2.05) is 50.3 Å². The standard InChI is InChI=1S/C13H16N4/c1-9-11(10-5-4-6-15-8-10)7-12(14)13(16-9)17(2)3/h4-8H,14H2,1-3H3. The van der Waals surface area contributed by atoms with Crippen LogP contribution in [0.5, 0.6) is 0 Å². The van der Waals surface area contributed by atoms with Gasteiger partial charge in [-0.3, -0.25) is 4.98 Å². The number of hydrogen-bond acceptors (Lipinski definition) is 4. The first-order chi connectivity index (χ1) is 8.09. The van der Waals surface area contributed by atoms with Crippen molar-refractivity contribution in [3.8, 4) is 11.1 Å². The number of rotatable bonds is 2. The topological polar surface area (TPSA) is 55.0 Å². The van der Waals surface area contributed by atoms with Gasteiger partial charge in [-0.05, 0) is 19.1 Å². The van der Waals surface area contributed by atoms with E-state index in [9.17, 15) is 0 Å². The van der Waals surface area contributed by atoms with Crippen LogP contribution in [-0.2, 0) is 0 Å². The third-order valence-electron chi connectivity index (χ3n) is 2.62. The summed E-state index contributed by atoms with van der Waals surface area (Å²) in [6.45, 7) is 1.98. The van der Waals surface area contributed by atoms with Gasteiger partial charge in [-0.25, -0.2) is 4.98 Å². The van der Waals surface area contributed by atoms with Crippen LogP contribution in [0.4, 0.5) is 11.5 Å². The molecule has 0 aliphatic rings. The molecule has 0 spiro atoms. The van der Waals surface area contributed by atoms with E-state index in [1.54, 1.807) is 6.20 Å². The number of hydrogen-bond donors (Lipinski definition) is 1. The second kappa shape index (κ2) is 4.41. The highest BCUT2D eigenvalue weighted by Crippen LogP contribution is 2.28. The maximum Gasteiger partial charge on any atom is 0.151 e. The second-order valence-electron chi connectivity index (χ2n) is 4.17. The molecular formula is C13H16N4. The van der Waals surface area contributed by atoms with E-state index in [0.29, 0.717) is 5.69 Å². The Labute approximate surface area is 101 Å². The number of nitrogen functional groups attached to an aromatic ring is 1. The molecule has 2 N–H and O–H groups in total. The SMILES string of the molecule is Cc1nc(N(C)C)c(N)cc1-c1cccnc1. The fraction of sp³-hybridized carbons (Fsp3) is 0.231. The lowest BCUT2D eigenvalue weighted by Gasteiger charge is -2.16. The van der Waals surface area contributed by atoms with Crippen molar-refractivity contribution >= 4 is 11.5 Å². The molecule has 2 aromatic rings. The minimum absolute atomic E-state index is 0.680. The molecule has 0 bridgehead atoms. The highest BCUT2D eigenvalue weighted by atomic mass is 15.1. The van der Waals surface area contributed by atoms with Crippen LogP contribution in [0.1, 0.15) is 5.69 Å². The third-order valence-corrected chi connectivity index (χ3v) is 2.62. The van der Waals surface area contributed by atoms with Gasteiger partial charge in [0.25, 0.3) is 0 Å². The maximum absolute atomic E-state index is 6.00. The summed E-state index contributed by atoms with van der Waals surface area (Å²) in [5, 5.41) is 0. The Balaban J connectivity index is 2.55. The number of pyridine rings is 2. The molecule has 0 aliphatic carbocycles. The van der Waals surface area contributed by atoms with Gasteiger partial charge in [0, 0.05) is 43.3 Å². The van der Waals surface area contributed by atoms with Crippen molar-refractivity contribution in [3.63, 3.8) is 0 Å². The summed E-state index contributed by atoms with van der Waals surface area (Å²) in [5.41, 5.74) is 9.70. The van der Waals surface area contributed by atoms with Gasteiger partial charge in [0.1, 0.15) is 0 Å². The van der Waals surface area contributed by atoms with Crippen LogP contribution in [-0.4, -0.2) is 24.1 Å². The highest BCUT2D eigenvalue weighted by Gasteiger charge is 2.09. The Bertz CT molecular complexity index is 520. The predicted molar refractivity (Wildman–Crippen MR) is 70.9 cm³/mol. The molecule has 4 heteroatoms. The fourth-order valence-electron chi connectivity index (χ4n) is 1.78. The van der Waals surface area contributed by atoms with Crippen LogP contribution >= 0.6 is 0 Å². The number of anilines is 2. The Morgan fingerprint density at radius 3 is 2.65 bits per heavy atom. The first-order valence-corrected chi connectivity index (χ1v) is 5.44. The molecular weight excluding hydrogens is 212 g/mol. The molecule has 2 aromatic heterocycles. The number of aryl methyl sites for hydroxylation is 1. The molecule has 0 radical (unpaired) electrons. The summed E-state index contributed by atoms with van der Waals surface area (Å²) in [6.07, 6.45) is 3.57. The minimum atomic E-state index is 0.680. The zero-order valence-electron chi connectivity index (χ0n) is 10.3. The third kappa shape index (κ3) is 2.20. The Morgan fingerprint density at radius 2 is 2.06 bits per heavy atom. The average Bonchev–Trinajstić information content (AvgIpc) is 2.32. The fourth-order valence-corrected chi connectivity index (χ4v) is 1.78. The molecule has 0 aliphatic heterocycles. The van der Waals surface area contributed by atoms with Crippen LogP contribution in [0.2, 0.25) is 0 Å². The van der Waals surface area contributed by atoms with Gasteiger partial charge >= 0.3 is 0 Å². The van der Waals surface area contributed by atoms with Crippen molar-refractivity contribution in [2.45, 2.75) is 6.92 Å². The van der Waals surface area contributed by atoms with Gasteiger partial charge in [0.15, 0.2) is 5.82 Å². The van der Waals surface area contributed by atoms with Crippen LogP contribution < -0.4 is 10.6 Å². The predicted octanol–water partition coefficient (Wildman–Crippen LogP) is 2.10. The zero-order chi connectivity index (χ0) is 12.4. The normalized spacial score (nSPS) is 10.3. The van der Waals surface area contributed by atoms with E-state index < -0.39 is 0 Å². The van der Waals surface area contributed by atoms with E-state index in [4.69, 9.17) is 5.73 Å². The van der Waals surface area contributed by atoms with Crippen molar-refractivity contribution in [2.75, 3.05) is 24.7 Å². The van der Waals surface area contributed by atoms with Gasteiger partial charge in [0.05, 0.1) is 5.69 Å². The number of nitrogens with two attached hydrogens (primary N) is 1. The molecule has 0 saturated heterocycles. The first kappa shape index (κ1) is 11.4.